The van der Waals surface area contributed by atoms with Crippen LogP contribution in [0.2, 0.25) is 0 Å². The van der Waals surface area contributed by atoms with Gasteiger partial charge >= 0.3 is 0 Å². The van der Waals surface area contributed by atoms with E-state index in [1.807, 2.05) is 12.3 Å². The molecule has 1 saturated heterocycles. The fourth-order valence-electron chi connectivity index (χ4n) is 3.93. The zero-order valence-electron chi connectivity index (χ0n) is 15.4. The van der Waals surface area contributed by atoms with Crippen LogP contribution in [-0.2, 0) is 13.1 Å². The number of hydrogen-bond donors (Lipinski definition) is 1. The highest BCUT2D eigenvalue weighted by Crippen LogP contribution is 2.28. The Morgan fingerprint density at radius 2 is 1.89 bits per heavy atom. The minimum absolute atomic E-state index is 0. The first kappa shape index (κ1) is 20.6. The lowest BCUT2D eigenvalue weighted by atomic mass is 10.1. The Bertz CT molecular complexity index is 871. The van der Waals surface area contributed by atoms with Crippen LogP contribution >= 0.6 is 24.8 Å². The largest absolute Gasteiger partial charge is 0.339 e. The van der Waals surface area contributed by atoms with Crippen molar-refractivity contribution in [3.8, 4) is 11.5 Å². The van der Waals surface area contributed by atoms with Gasteiger partial charge < -0.3 is 14.8 Å². The zero-order chi connectivity index (χ0) is 17.3. The van der Waals surface area contributed by atoms with Crippen LogP contribution in [0.25, 0.3) is 11.5 Å². The average Bonchev–Trinajstić information content (AvgIpc) is 3.35. The van der Waals surface area contributed by atoms with Crippen molar-refractivity contribution in [2.45, 2.75) is 32.0 Å². The smallest absolute Gasteiger partial charge is 0.225 e. The molecule has 0 spiro atoms. The molecule has 0 saturated carbocycles. The van der Waals surface area contributed by atoms with Gasteiger partial charge in [0, 0.05) is 51.0 Å². The Kier molecular flexibility index (Phi) is 6.53. The second-order valence-electron chi connectivity index (χ2n) is 6.87. The van der Waals surface area contributed by atoms with Crippen molar-refractivity contribution in [2.24, 2.45) is 0 Å². The molecule has 5 rings (SSSR count). The number of nitrogens with one attached hydrogen (secondary N) is 1. The van der Waals surface area contributed by atoms with Gasteiger partial charge in [0.15, 0.2) is 5.82 Å². The molecule has 2 aliphatic heterocycles. The van der Waals surface area contributed by atoms with E-state index in [1.54, 1.807) is 12.4 Å². The fraction of sp³-hybridized carbons (Fsp3) is 0.444. The molecular weight excluding hydrogens is 399 g/mol. The van der Waals surface area contributed by atoms with Crippen molar-refractivity contribution in [2.75, 3.05) is 24.5 Å². The monoisotopic (exact) mass is 422 g/mol. The van der Waals surface area contributed by atoms with Crippen LogP contribution in [-0.4, -0.2) is 48.9 Å². The molecule has 3 aromatic rings. The number of aromatic nitrogens is 6. The molecular formula is C18H24Cl2N8. The van der Waals surface area contributed by atoms with E-state index in [2.05, 4.69) is 46.7 Å². The van der Waals surface area contributed by atoms with Crippen LogP contribution in [0.4, 0.5) is 5.95 Å². The van der Waals surface area contributed by atoms with Gasteiger partial charge in [-0.2, -0.15) is 5.10 Å². The maximum atomic E-state index is 4.78. The Labute approximate surface area is 176 Å². The van der Waals surface area contributed by atoms with Gasteiger partial charge in [-0.1, -0.05) is 0 Å². The summed E-state index contributed by atoms with van der Waals surface area (Å²) in [5.74, 6) is 1.76. The van der Waals surface area contributed by atoms with Crippen LogP contribution < -0.4 is 10.2 Å². The summed E-state index contributed by atoms with van der Waals surface area (Å²) in [6.45, 7) is 4.64. The molecule has 1 fully saturated rings. The van der Waals surface area contributed by atoms with Gasteiger partial charge in [-0.3, -0.25) is 4.68 Å². The van der Waals surface area contributed by atoms with Crippen LogP contribution in [0.1, 0.15) is 24.6 Å². The number of nitrogens with zero attached hydrogens (tertiary/aromatic N) is 7. The highest BCUT2D eigenvalue weighted by Gasteiger charge is 2.26. The Hall–Kier alpha value is -2.16. The molecule has 10 heteroatoms. The Balaban J connectivity index is 0.00000112. The summed E-state index contributed by atoms with van der Waals surface area (Å²) in [5, 5.41) is 8.17. The van der Waals surface area contributed by atoms with E-state index in [9.17, 15) is 0 Å². The molecule has 8 nitrogen and oxygen atoms in total. The van der Waals surface area contributed by atoms with E-state index in [-0.39, 0.29) is 24.8 Å². The normalized spacial score (nSPS) is 18.7. The number of fused-ring (bicyclic) bond motifs is 1. The van der Waals surface area contributed by atoms with E-state index in [0.29, 0.717) is 6.04 Å². The number of rotatable bonds is 3. The lowest BCUT2D eigenvalue weighted by Gasteiger charge is -2.33. The topological polar surface area (TPSA) is 76.7 Å². The standard InChI is InChI=1S/C18H22N8.2ClH/c1-3-14(13-24(8-1)18-21-4-2-5-22-18)25-9-7-20-17(25)16-11-15-12-19-6-10-26(15)23-16;;/h2,4-5,7,9,11,14,19H,1,3,6,8,10,12-13H2;2*1H. The number of halogens is 2. The van der Waals surface area contributed by atoms with E-state index >= 15 is 0 Å². The Morgan fingerprint density at radius 3 is 2.71 bits per heavy atom. The lowest BCUT2D eigenvalue weighted by Crippen LogP contribution is -2.37. The van der Waals surface area contributed by atoms with E-state index in [0.717, 1.165) is 63.0 Å². The molecule has 0 aromatic carbocycles. The summed E-state index contributed by atoms with van der Waals surface area (Å²) in [7, 11) is 0. The molecule has 3 aromatic heterocycles. The maximum absolute atomic E-state index is 4.78. The second-order valence-corrected chi connectivity index (χ2v) is 6.87. The molecule has 1 unspecified atom stereocenters. The number of anilines is 1. The fourth-order valence-corrected chi connectivity index (χ4v) is 3.93. The van der Waals surface area contributed by atoms with Gasteiger partial charge in [0.1, 0.15) is 5.69 Å². The summed E-state index contributed by atoms with van der Waals surface area (Å²) in [6, 6.07) is 4.36. The van der Waals surface area contributed by atoms with Crippen molar-refractivity contribution >= 4 is 30.8 Å². The van der Waals surface area contributed by atoms with Gasteiger partial charge in [-0.05, 0) is 25.0 Å². The summed E-state index contributed by atoms with van der Waals surface area (Å²) in [6.07, 6.45) is 9.80. The molecule has 0 amide bonds. The molecule has 28 heavy (non-hydrogen) atoms. The summed E-state index contributed by atoms with van der Waals surface area (Å²) in [5.41, 5.74) is 2.19. The van der Waals surface area contributed by atoms with Crippen LogP contribution in [0.5, 0.6) is 0 Å². The first-order chi connectivity index (χ1) is 12.9. The van der Waals surface area contributed by atoms with Crippen molar-refractivity contribution in [3.05, 3.63) is 42.6 Å². The number of piperidine rings is 1. The van der Waals surface area contributed by atoms with Gasteiger partial charge in [0.25, 0.3) is 0 Å². The molecule has 0 radical (unpaired) electrons. The third kappa shape index (κ3) is 3.85. The van der Waals surface area contributed by atoms with Crippen molar-refractivity contribution in [1.82, 2.24) is 34.6 Å². The average molecular weight is 423 g/mol. The van der Waals surface area contributed by atoms with Crippen molar-refractivity contribution < 1.29 is 0 Å². The quantitative estimate of drug-likeness (QED) is 0.697. The molecule has 150 valence electrons. The number of hydrogen-bond acceptors (Lipinski definition) is 6. The molecule has 0 bridgehead atoms. The highest BCUT2D eigenvalue weighted by molar-refractivity contribution is 5.85. The highest BCUT2D eigenvalue weighted by atomic mass is 35.5. The first-order valence-corrected chi connectivity index (χ1v) is 9.21. The molecule has 2 aliphatic rings. The molecule has 5 heterocycles. The van der Waals surface area contributed by atoms with Gasteiger partial charge in [-0.15, -0.1) is 24.8 Å². The molecule has 1 N–H and O–H groups in total. The third-order valence-electron chi connectivity index (χ3n) is 5.19. The summed E-state index contributed by atoms with van der Waals surface area (Å²) >= 11 is 0. The van der Waals surface area contributed by atoms with Crippen LogP contribution in [0.15, 0.2) is 36.9 Å². The predicted molar refractivity (Wildman–Crippen MR) is 112 cm³/mol. The zero-order valence-corrected chi connectivity index (χ0v) is 17.1. The maximum Gasteiger partial charge on any atom is 0.225 e. The minimum Gasteiger partial charge on any atom is -0.339 e. The van der Waals surface area contributed by atoms with E-state index < -0.39 is 0 Å². The van der Waals surface area contributed by atoms with Crippen molar-refractivity contribution in [3.63, 3.8) is 0 Å². The lowest BCUT2D eigenvalue weighted by molar-refractivity contribution is 0.404. The molecule has 1 atom stereocenters. The predicted octanol–water partition coefficient (Wildman–Crippen LogP) is 2.32. The van der Waals surface area contributed by atoms with E-state index in [1.165, 1.54) is 5.69 Å². The first-order valence-electron chi connectivity index (χ1n) is 9.21. The SMILES string of the molecule is Cl.Cl.c1cnc(N2CCCC(n3ccnc3-c3cc4n(n3)CCNC4)C2)nc1. The molecule has 0 aliphatic carbocycles. The summed E-state index contributed by atoms with van der Waals surface area (Å²) < 4.78 is 4.37. The van der Waals surface area contributed by atoms with Gasteiger partial charge in [-0.25, -0.2) is 15.0 Å². The Morgan fingerprint density at radius 1 is 1.04 bits per heavy atom. The van der Waals surface area contributed by atoms with Gasteiger partial charge in [0.05, 0.1) is 18.3 Å². The van der Waals surface area contributed by atoms with Gasteiger partial charge in [0.2, 0.25) is 5.95 Å². The third-order valence-corrected chi connectivity index (χ3v) is 5.19. The van der Waals surface area contributed by atoms with Crippen LogP contribution in [0.3, 0.4) is 0 Å². The summed E-state index contributed by atoms with van der Waals surface area (Å²) in [4.78, 5) is 15.7. The van der Waals surface area contributed by atoms with E-state index in [4.69, 9.17) is 5.10 Å². The number of imidazole rings is 1. The second kappa shape index (κ2) is 8.89. The minimum atomic E-state index is 0. The van der Waals surface area contributed by atoms with Crippen molar-refractivity contribution in [1.29, 1.82) is 0 Å². The van der Waals surface area contributed by atoms with Crippen LogP contribution in [0, 0.1) is 0 Å².